The highest BCUT2D eigenvalue weighted by atomic mass is 16.6. The zero-order valence-electron chi connectivity index (χ0n) is 12.9. The summed E-state index contributed by atoms with van der Waals surface area (Å²) in [4.78, 5) is 36.6. The molecule has 1 amide bonds. The number of fused-ring (bicyclic) bond motifs is 1. The lowest BCUT2D eigenvalue weighted by Gasteiger charge is -2.08. The van der Waals surface area contributed by atoms with Gasteiger partial charge in [-0.15, -0.1) is 0 Å². The van der Waals surface area contributed by atoms with E-state index in [1.807, 2.05) is 0 Å². The smallest absolute Gasteiger partial charge is 0.278 e. The number of anilines is 1. The molecular formula is C16H10N4O6. The Kier molecular flexibility index (Phi) is 4.15. The molecule has 1 heterocycles. The van der Waals surface area contributed by atoms with Crippen LogP contribution >= 0.6 is 0 Å². The first-order chi connectivity index (χ1) is 12.4. The number of hydrogen-bond acceptors (Lipinski definition) is 7. The number of benzene rings is 2. The molecule has 0 spiro atoms. The lowest BCUT2D eigenvalue weighted by molar-refractivity contribution is -0.394. The number of aromatic hydroxyl groups is 1. The Labute approximate surface area is 145 Å². The molecule has 26 heavy (non-hydrogen) atoms. The standard InChI is InChI=1S/C16H10N4O6/c21-15-13(4-3-9-2-1-5-17-14(9)15)16(22)18-10-6-11(19(23)24)8-12(7-10)20(25)26/h1-8,21H,(H,18,22). The molecule has 3 rings (SSSR count). The van der Waals surface area contributed by atoms with Crippen molar-refractivity contribution in [2.45, 2.75) is 0 Å². The Morgan fingerprint density at radius 2 is 1.69 bits per heavy atom. The maximum absolute atomic E-state index is 12.4. The monoisotopic (exact) mass is 354 g/mol. The normalized spacial score (nSPS) is 10.5. The lowest BCUT2D eigenvalue weighted by Crippen LogP contribution is -2.12. The van der Waals surface area contributed by atoms with Gasteiger partial charge < -0.3 is 10.4 Å². The summed E-state index contributed by atoms with van der Waals surface area (Å²) in [7, 11) is 0. The number of nitro benzene ring substituents is 2. The van der Waals surface area contributed by atoms with Crippen LogP contribution in [0.3, 0.4) is 0 Å². The van der Waals surface area contributed by atoms with Crippen molar-refractivity contribution in [3.63, 3.8) is 0 Å². The molecule has 0 atom stereocenters. The van der Waals surface area contributed by atoms with Gasteiger partial charge in [0.1, 0.15) is 5.52 Å². The van der Waals surface area contributed by atoms with Crippen LogP contribution in [0, 0.1) is 20.2 Å². The highest BCUT2D eigenvalue weighted by molar-refractivity contribution is 6.09. The van der Waals surface area contributed by atoms with Gasteiger partial charge in [0, 0.05) is 23.7 Å². The van der Waals surface area contributed by atoms with Gasteiger partial charge >= 0.3 is 0 Å². The molecule has 3 aromatic rings. The number of aromatic nitrogens is 1. The van der Waals surface area contributed by atoms with E-state index < -0.39 is 27.1 Å². The third kappa shape index (κ3) is 3.11. The molecule has 2 aromatic carbocycles. The van der Waals surface area contributed by atoms with Gasteiger partial charge in [-0.25, -0.2) is 0 Å². The van der Waals surface area contributed by atoms with Gasteiger partial charge in [0.25, 0.3) is 17.3 Å². The number of nitrogens with one attached hydrogen (secondary N) is 1. The number of nitro groups is 2. The van der Waals surface area contributed by atoms with E-state index in [9.17, 15) is 30.1 Å². The molecule has 130 valence electrons. The third-order valence-electron chi connectivity index (χ3n) is 3.57. The molecule has 10 heteroatoms. The fourth-order valence-electron chi connectivity index (χ4n) is 2.39. The minimum Gasteiger partial charge on any atom is -0.505 e. The second-order valence-corrected chi connectivity index (χ2v) is 5.24. The summed E-state index contributed by atoms with van der Waals surface area (Å²) in [6.45, 7) is 0. The molecule has 0 aliphatic rings. The lowest BCUT2D eigenvalue weighted by atomic mass is 10.1. The number of nitrogens with zero attached hydrogens (tertiary/aromatic N) is 3. The SMILES string of the molecule is O=C(Nc1cc([N+](=O)[O-])cc([N+](=O)[O-])c1)c1ccc2cccnc2c1O. The highest BCUT2D eigenvalue weighted by Gasteiger charge is 2.20. The minimum absolute atomic E-state index is 0.120. The molecule has 0 bridgehead atoms. The molecule has 0 radical (unpaired) electrons. The second kappa shape index (κ2) is 6.43. The number of carbonyl (C=O) groups excluding carboxylic acids is 1. The summed E-state index contributed by atoms with van der Waals surface area (Å²) in [5.41, 5.74) is -1.13. The molecule has 0 saturated carbocycles. The van der Waals surface area contributed by atoms with Crippen LogP contribution in [0.25, 0.3) is 10.9 Å². The van der Waals surface area contributed by atoms with Gasteiger partial charge in [-0.3, -0.25) is 30.0 Å². The van der Waals surface area contributed by atoms with Crippen molar-refractivity contribution in [1.82, 2.24) is 4.98 Å². The maximum atomic E-state index is 12.4. The van der Waals surface area contributed by atoms with Crippen molar-refractivity contribution < 1.29 is 19.7 Å². The van der Waals surface area contributed by atoms with Crippen LogP contribution in [-0.4, -0.2) is 25.8 Å². The number of pyridine rings is 1. The van der Waals surface area contributed by atoms with Crippen molar-refractivity contribution in [1.29, 1.82) is 0 Å². The van der Waals surface area contributed by atoms with E-state index in [4.69, 9.17) is 0 Å². The van der Waals surface area contributed by atoms with Gasteiger partial charge in [-0.2, -0.15) is 0 Å². The Morgan fingerprint density at radius 3 is 2.31 bits per heavy atom. The predicted molar refractivity (Wildman–Crippen MR) is 91.1 cm³/mol. The van der Waals surface area contributed by atoms with E-state index in [-0.39, 0.29) is 22.5 Å². The number of amides is 1. The topological polar surface area (TPSA) is 148 Å². The number of rotatable bonds is 4. The van der Waals surface area contributed by atoms with Gasteiger partial charge in [-0.05, 0) is 12.1 Å². The Balaban J connectivity index is 1.99. The Bertz CT molecular complexity index is 1030. The summed E-state index contributed by atoms with van der Waals surface area (Å²) in [6.07, 6.45) is 1.45. The molecule has 0 fully saturated rings. The van der Waals surface area contributed by atoms with E-state index in [0.29, 0.717) is 5.39 Å². The van der Waals surface area contributed by atoms with Crippen LogP contribution in [0.15, 0.2) is 48.7 Å². The van der Waals surface area contributed by atoms with Crippen molar-refractivity contribution >= 4 is 33.9 Å². The summed E-state index contributed by atoms with van der Waals surface area (Å²) >= 11 is 0. The van der Waals surface area contributed by atoms with Crippen LogP contribution in [0.4, 0.5) is 17.1 Å². The third-order valence-corrected chi connectivity index (χ3v) is 3.57. The molecule has 0 unspecified atom stereocenters. The van der Waals surface area contributed by atoms with Crippen LogP contribution < -0.4 is 5.32 Å². The first-order valence-electron chi connectivity index (χ1n) is 7.19. The summed E-state index contributed by atoms with van der Waals surface area (Å²) in [5.74, 6) is -1.15. The molecule has 0 aliphatic heterocycles. The first kappa shape index (κ1) is 16.8. The summed E-state index contributed by atoms with van der Waals surface area (Å²) in [5, 5.41) is 35.0. The average Bonchev–Trinajstić information content (AvgIpc) is 2.61. The van der Waals surface area contributed by atoms with E-state index in [0.717, 1.165) is 18.2 Å². The van der Waals surface area contributed by atoms with Crippen LogP contribution in [-0.2, 0) is 0 Å². The number of non-ortho nitro benzene ring substituents is 2. The Hall–Kier alpha value is -4.08. The van der Waals surface area contributed by atoms with Crippen molar-refractivity contribution in [3.05, 3.63) is 74.5 Å². The van der Waals surface area contributed by atoms with Crippen molar-refractivity contribution in [2.75, 3.05) is 5.32 Å². The average molecular weight is 354 g/mol. The van der Waals surface area contributed by atoms with Crippen molar-refractivity contribution in [3.8, 4) is 5.75 Å². The number of phenolic OH excluding ortho intramolecular Hbond substituents is 1. The molecule has 1 aromatic heterocycles. The van der Waals surface area contributed by atoms with Crippen LogP contribution in [0.5, 0.6) is 5.75 Å². The van der Waals surface area contributed by atoms with Gasteiger partial charge in [0.15, 0.2) is 5.75 Å². The largest absolute Gasteiger partial charge is 0.505 e. The zero-order valence-corrected chi connectivity index (χ0v) is 12.9. The van der Waals surface area contributed by atoms with E-state index in [1.165, 1.54) is 12.3 Å². The molecule has 0 saturated heterocycles. The predicted octanol–water partition coefficient (Wildman–Crippen LogP) is 3.01. The molecule has 0 aliphatic carbocycles. The molecular weight excluding hydrogens is 344 g/mol. The minimum atomic E-state index is -0.805. The summed E-state index contributed by atoms with van der Waals surface area (Å²) in [6, 6.07) is 9.07. The van der Waals surface area contributed by atoms with E-state index >= 15 is 0 Å². The fourth-order valence-corrected chi connectivity index (χ4v) is 2.39. The second-order valence-electron chi connectivity index (χ2n) is 5.24. The van der Waals surface area contributed by atoms with Crippen LogP contribution in [0.1, 0.15) is 10.4 Å². The fraction of sp³-hybridized carbons (Fsp3) is 0. The number of phenols is 1. The first-order valence-corrected chi connectivity index (χ1v) is 7.19. The van der Waals surface area contributed by atoms with Gasteiger partial charge in [0.05, 0.1) is 27.2 Å². The maximum Gasteiger partial charge on any atom is 0.278 e. The molecule has 10 nitrogen and oxygen atoms in total. The van der Waals surface area contributed by atoms with Gasteiger partial charge in [-0.1, -0.05) is 12.1 Å². The molecule has 2 N–H and O–H groups in total. The van der Waals surface area contributed by atoms with E-state index in [2.05, 4.69) is 10.3 Å². The zero-order chi connectivity index (χ0) is 18.8. The highest BCUT2D eigenvalue weighted by Crippen LogP contribution is 2.29. The van der Waals surface area contributed by atoms with Gasteiger partial charge in [0.2, 0.25) is 0 Å². The van der Waals surface area contributed by atoms with Crippen LogP contribution in [0.2, 0.25) is 0 Å². The summed E-state index contributed by atoms with van der Waals surface area (Å²) < 4.78 is 0. The van der Waals surface area contributed by atoms with Crippen molar-refractivity contribution in [2.24, 2.45) is 0 Å². The number of hydrogen-bond donors (Lipinski definition) is 2. The van der Waals surface area contributed by atoms with E-state index in [1.54, 1.807) is 18.2 Å². The Morgan fingerprint density at radius 1 is 1.04 bits per heavy atom. The quantitative estimate of drug-likeness (QED) is 0.540. The number of carbonyl (C=O) groups is 1.